The minimum atomic E-state index is -0.00647. The number of morpholine rings is 1. The van der Waals surface area contributed by atoms with Crippen molar-refractivity contribution < 1.29 is 9.15 Å². The van der Waals surface area contributed by atoms with Gasteiger partial charge in [-0.15, -0.1) is 0 Å². The average molecular weight is 472 g/mol. The molecule has 7 heteroatoms. The van der Waals surface area contributed by atoms with Gasteiger partial charge in [-0.2, -0.15) is 0 Å². The van der Waals surface area contributed by atoms with Gasteiger partial charge in [0.05, 0.1) is 19.3 Å². The third kappa shape index (κ3) is 5.62. The van der Waals surface area contributed by atoms with E-state index in [0.717, 1.165) is 78.8 Å². The lowest BCUT2D eigenvalue weighted by atomic mass is 10.2. The minimum Gasteiger partial charge on any atom is -0.459 e. The molecule has 1 aliphatic rings. The number of hydrogen-bond acceptors (Lipinski definition) is 4. The molecule has 0 amide bonds. The standard InChI is InChI=1S/C25H30ClN3O2S/c1-18-8-9-21(17-22(18)26)27-25(32)29(11-5-10-28-12-14-30-15-13-28)19(2)24-16-20-6-3-4-7-23(20)31-24/h3-4,6-9,16-17,19H,5,10-15H2,1-2H3,(H,27,32)/t19-/m1/s1. The molecule has 0 spiro atoms. The Bertz CT molecular complexity index is 1030. The molecule has 1 aromatic heterocycles. The lowest BCUT2D eigenvalue weighted by Crippen LogP contribution is -2.41. The summed E-state index contributed by atoms with van der Waals surface area (Å²) in [6, 6.07) is 16.1. The summed E-state index contributed by atoms with van der Waals surface area (Å²) in [4.78, 5) is 4.66. The van der Waals surface area contributed by atoms with Gasteiger partial charge in [0.25, 0.3) is 0 Å². The molecule has 1 fully saturated rings. The third-order valence-electron chi connectivity index (χ3n) is 5.98. The van der Waals surface area contributed by atoms with Gasteiger partial charge in [-0.05, 0) is 62.3 Å². The SMILES string of the molecule is Cc1ccc(NC(=S)N(CCCN2CCOCC2)[C@H](C)c2cc3ccccc3o2)cc1Cl. The predicted octanol–water partition coefficient (Wildman–Crippen LogP) is 5.88. The molecule has 5 nitrogen and oxygen atoms in total. The van der Waals surface area contributed by atoms with Gasteiger partial charge in [-0.3, -0.25) is 4.90 Å². The fourth-order valence-corrected chi connectivity index (χ4v) is 4.54. The Hall–Kier alpha value is -2.12. The van der Waals surface area contributed by atoms with Gasteiger partial charge in [0.2, 0.25) is 0 Å². The highest BCUT2D eigenvalue weighted by atomic mass is 35.5. The van der Waals surface area contributed by atoms with Gasteiger partial charge in [0.15, 0.2) is 5.11 Å². The molecule has 3 aromatic rings. The smallest absolute Gasteiger partial charge is 0.174 e. The molecular formula is C25H30ClN3O2S. The highest BCUT2D eigenvalue weighted by molar-refractivity contribution is 7.80. The zero-order chi connectivity index (χ0) is 22.5. The maximum Gasteiger partial charge on any atom is 0.174 e. The number of para-hydroxylation sites is 1. The number of hydrogen-bond donors (Lipinski definition) is 1. The topological polar surface area (TPSA) is 40.9 Å². The Morgan fingerprint density at radius 3 is 2.72 bits per heavy atom. The van der Waals surface area contributed by atoms with E-state index in [1.807, 2.05) is 43.3 Å². The monoisotopic (exact) mass is 471 g/mol. The van der Waals surface area contributed by atoms with Crippen LogP contribution in [-0.2, 0) is 4.74 Å². The van der Waals surface area contributed by atoms with E-state index in [0.29, 0.717) is 5.11 Å². The van der Waals surface area contributed by atoms with Gasteiger partial charge in [0.1, 0.15) is 11.3 Å². The van der Waals surface area contributed by atoms with E-state index in [2.05, 4.69) is 34.2 Å². The van der Waals surface area contributed by atoms with Crippen molar-refractivity contribution in [3.8, 4) is 0 Å². The molecule has 0 radical (unpaired) electrons. The second-order valence-electron chi connectivity index (χ2n) is 8.26. The summed E-state index contributed by atoms with van der Waals surface area (Å²) in [6.07, 6.45) is 1.00. The van der Waals surface area contributed by atoms with Crippen molar-refractivity contribution in [2.24, 2.45) is 0 Å². The van der Waals surface area contributed by atoms with Crippen molar-refractivity contribution in [1.29, 1.82) is 0 Å². The minimum absolute atomic E-state index is 0.00647. The molecule has 170 valence electrons. The summed E-state index contributed by atoms with van der Waals surface area (Å²) in [6.45, 7) is 9.58. The fraction of sp³-hybridized carbons (Fsp3) is 0.400. The Labute approximate surface area is 200 Å². The summed E-state index contributed by atoms with van der Waals surface area (Å²) in [5, 5.41) is 5.87. The van der Waals surface area contributed by atoms with Gasteiger partial charge in [0, 0.05) is 42.3 Å². The third-order valence-corrected chi connectivity index (χ3v) is 6.73. The van der Waals surface area contributed by atoms with Crippen LogP contribution >= 0.6 is 23.8 Å². The van der Waals surface area contributed by atoms with Gasteiger partial charge in [-0.25, -0.2) is 0 Å². The van der Waals surface area contributed by atoms with Gasteiger partial charge >= 0.3 is 0 Å². The van der Waals surface area contributed by atoms with Crippen molar-refractivity contribution in [3.05, 3.63) is 64.9 Å². The quantitative estimate of drug-likeness (QED) is 0.434. The number of anilines is 1. The normalized spacial score (nSPS) is 15.6. The maximum atomic E-state index is 6.32. The Balaban J connectivity index is 1.50. The molecule has 1 saturated heterocycles. The summed E-state index contributed by atoms with van der Waals surface area (Å²) in [5.41, 5.74) is 2.83. The lowest BCUT2D eigenvalue weighted by Gasteiger charge is -2.32. The van der Waals surface area contributed by atoms with Crippen molar-refractivity contribution >= 4 is 45.6 Å². The van der Waals surface area contributed by atoms with Crippen LogP contribution < -0.4 is 5.32 Å². The summed E-state index contributed by atoms with van der Waals surface area (Å²) < 4.78 is 11.6. The van der Waals surface area contributed by atoms with Crippen molar-refractivity contribution in [3.63, 3.8) is 0 Å². The van der Waals surface area contributed by atoms with E-state index in [4.69, 9.17) is 33.0 Å². The highest BCUT2D eigenvalue weighted by Gasteiger charge is 2.23. The first-order chi connectivity index (χ1) is 15.5. The van der Waals surface area contributed by atoms with Crippen LogP contribution in [0.15, 0.2) is 52.9 Å². The van der Waals surface area contributed by atoms with E-state index >= 15 is 0 Å². The van der Waals surface area contributed by atoms with Crippen molar-refractivity contribution in [2.75, 3.05) is 44.7 Å². The number of nitrogens with zero attached hydrogens (tertiary/aromatic N) is 2. The van der Waals surface area contributed by atoms with Crippen LogP contribution in [0.1, 0.15) is 30.7 Å². The molecule has 0 aliphatic carbocycles. The van der Waals surface area contributed by atoms with E-state index in [1.165, 1.54) is 0 Å². The molecule has 0 saturated carbocycles. The predicted molar refractivity (Wildman–Crippen MR) is 136 cm³/mol. The molecule has 1 N–H and O–H groups in total. The fourth-order valence-electron chi connectivity index (χ4n) is 3.99. The number of halogens is 1. The van der Waals surface area contributed by atoms with Crippen LogP contribution in [0.5, 0.6) is 0 Å². The second-order valence-corrected chi connectivity index (χ2v) is 9.05. The van der Waals surface area contributed by atoms with E-state index in [1.54, 1.807) is 0 Å². The number of aryl methyl sites for hydroxylation is 1. The largest absolute Gasteiger partial charge is 0.459 e. The Kier molecular flexibility index (Phi) is 7.68. The Morgan fingerprint density at radius 1 is 1.19 bits per heavy atom. The first kappa shape index (κ1) is 23.1. The van der Waals surface area contributed by atoms with Crippen LogP contribution in [0.25, 0.3) is 11.0 Å². The Morgan fingerprint density at radius 2 is 1.97 bits per heavy atom. The van der Waals surface area contributed by atoms with Crippen LogP contribution in [-0.4, -0.2) is 54.3 Å². The first-order valence-corrected chi connectivity index (χ1v) is 11.9. The molecule has 4 rings (SSSR count). The second kappa shape index (κ2) is 10.7. The number of benzene rings is 2. The zero-order valence-electron chi connectivity index (χ0n) is 18.6. The summed E-state index contributed by atoms with van der Waals surface area (Å²) >= 11 is 12.2. The highest BCUT2D eigenvalue weighted by Crippen LogP contribution is 2.29. The number of nitrogens with one attached hydrogen (secondary N) is 1. The molecule has 1 atom stereocenters. The molecular weight excluding hydrogens is 442 g/mol. The summed E-state index contributed by atoms with van der Waals surface area (Å²) in [5.74, 6) is 0.906. The number of thiocarbonyl (C=S) groups is 1. The first-order valence-electron chi connectivity index (χ1n) is 11.1. The molecule has 2 heterocycles. The molecule has 32 heavy (non-hydrogen) atoms. The van der Waals surface area contributed by atoms with Crippen LogP contribution in [0, 0.1) is 6.92 Å². The van der Waals surface area contributed by atoms with E-state index in [-0.39, 0.29) is 6.04 Å². The van der Waals surface area contributed by atoms with E-state index in [9.17, 15) is 0 Å². The van der Waals surface area contributed by atoms with Crippen molar-refractivity contribution in [2.45, 2.75) is 26.3 Å². The maximum absolute atomic E-state index is 6.32. The lowest BCUT2D eigenvalue weighted by molar-refractivity contribution is 0.0365. The molecule has 0 unspecified atom stereocenters. The van der Waals surface area contributed by atoms with Gasteiger partial charge < -0.3 is 19.4 Å². The van der Waals surface area contributed by atoms with E-state index < -0.39 is 0 Å². The molecule has 0 bridgehead atoms. The zero-order valence-corrected chi connectivity index (χ0v) is 20.2. The molecule has 2 aromatic carbocycles. The molecule has 1 aliphatic heterocycles. The number of fused-ring (bicyclic) bond motifs is 1. The van der Waals surface area contributed by atoms with Crippen LogP contribution in [0.2, 0.25) is 5.02 Å². The summed E-state index contributed by atoms with van der Waals surface area (Å²) in [7, 11) is 0. The van der Waals surface area contributed by atoms with Gasteiger partial charge in [-0.1, -0.05) is 35.9 Å². The number of ether oxygens (including phenoxy) is 1. The number of furan rings is 1. The van der Waals surface area contributed by atoms with Crippen LogP contribution in [0.3, 0.4) is 0 Å². The van der Waals surface area contributed by atoms with Crippen molar-refractivity contribution in [1.82, 2.24) is 9.80 Å². The number of rotatable bonds is 7. The average Bonchev–Trinajstić information content (AvgIpc) is 3.24. The van der Waals surface area contributed by atoms with Crippen LogP contribution in [0.4, 0.5) is 5.69 Å².